The van der Waals surface area contributed by atoms with Gasteiger partial charge in [-0.15, -0.1) is 0 Å². The molecule has 0 aliphatic carbocycles. The van der Waals surface area contributed by atoms with E-state index < -0.39 is 6.10 Å². The Labute approximate surface area is 119 Å². The van der Waals surface area contributed by atoms with Crippen molar-refractivity contribution in [3.8, 4) is 11.5 Å². The van der Waals surface area contributed by atoms with E-state index in [4.69, 9.17) is 14.2 Å². The molecular weight excluding hydrogens is 258 g/mol. The Morgan fingerprint density at radius 3 is 2.65 bits per heavy atom. The van der Waals surface area contributed by atoms with Gasteiger partial charge >= 0.3 is 0 Å². The summed E-state index contributed by atoms with van der Waals surface area (Å²) in [5.74, 6) is 1.54. The number of aliphatic hydroxyl groups excluding tert-OH is 1. The summed E-state index contributed by atoms with van der Waals surface area (Å²) in [6, 6.07) is 4.14. The van der Waals surface area contributed by atoms with E-state index in [2.05, 4.69) is 4.90 Å². The second-order valence-corrected chi connectivity index (χ2v) is 5.32. The van der Waals surface area contributed by atoms with Gasteiger partial charge in [0.15, 0.2) is 0 Å². The molecule has 2 aliphatic heterocycles. The molecule has 0 bridgehead atoms. The Kier molecular flexibility index (Phi) is 3.83. The van der Waals surface area contributed by atoms with Crippen molar-refractivity contribution in [3.05, 3.63) is 23.3 Å². The van der Waals surface area contributed by atoms with Crippen LogP contribution in [0.25, 0.3) is 0 Å². The molecule has 1 N–H and O–H groups in total. The molecule has 20 heavy (non-hydrogen) atoms. The number of ether oxygens (including phenoxy) is 3. The molecule has 110 valence electrons. The third-order valence-corrected chi connectivity index (χ3v) is 4.24. The molecule has 1 fully saturated rings. The van der Waals surface area contributed by atoms with Gasteiger partial charge in [0.25, 0.3) is 0 Å². The predicted octanol–water partition coefficient (Wildman–Crippen LogP) is 1.34. The van der Waals surface area contributed by atoms with Crippen molar-refractivity contribution < 1.29 is 19.3 Å². The van der Waals surface area contributed by atoms with Crippen LogP contribution < -0.4 is 9.47 Å². The van der Waals surface area contributed by atoms with Crippen molar-refractivity contribution in [1.29, 1.82) is 0 Å². The fourth-order valence-electron chi connectivity index (χ4n) is 3.19. The Morgan fingerprint density at radius 2 is 2.00 bits per heavy atom. The minimum atomic E-state index is -0.551. The summed E-state index contributed by atoms with van der Waals surface area (Å²) in [7, 11) is 3.29. The number of hydrogen-bond donors (Lipinski definition) is 1. The number of nitrogens with zero attached hydrogens (tertiary/aromatic N) is 1. The number of β-amino-alcohol motifs (C(OH)–C–C–N with tert-alkyl or cyclic N) is 1. The molecule has 1 saturated heterocycles. The van der Waals surface area contributed by atoms with Gasteiger partial charge in [-0.05, 0) is 18.6 Å². The highest BCUT2D eigenvalue weighted by atomic mass is 16.5. The van der Waals surface area contributed by atoms with Crippen LogP contribution in [0.3, 0.4) is 0 Å². The molecule has 2 aliphatic rings. The van der Waals surface area contributed by atoms with Gasteiger partial charge in [-0.1, -0.05) is 0 Å². The molecule has 5 heteroatoms. The smallest absolute Gasteiger partial charge is 0.125 e. The van der Waals surface area contributed by atoms with Crippen LogP contribution in [0.1, 0.15) is 23.7 Å². The normalized spacial score (nSPS) is 26.4. The summed E-state index contributed by atoms with van der Waals surface area (Å²) in [5.41, 5.74) is 1.89. The van der Waals surface area contributed by atoms with Crippen LogP contribution in [0.5, 0.6) is 11.5 Å². The number of rotatable bonds is 3. The van der Waals surface area contributed by atoms with E-state index in [0.717, 1.165) is 48.8 Å². The minimum absolute atomic E-state index is 0.383. The largest absolute Gasteiger partial charge is 0.496 e. The number of benzene rings is 1. The number of hydrogen-bond acceptors (Lipinski definition) is 5. The van der Waals surface area contributed by atoms with Gasteiger partial charge in [-0.3, -0.25) is 4.90 Å². The van der Waals surface area contributed by atoms with Crippen LogP contribution in [0, 0.1) is 0 Å². The number of methoxy groups -OCH3 is 2. The zero-order valence-electron chi connectivity index (χ0n) is 12.0. The lowest BCUT2D eigenvalue weighted by molar-refractivity contribution is 0.0560. The van der Waals surface area contributed by atoms with Gasteiger partial charge < -0.3 is 19.3 Å². The SMILES string of the molecule is COc1ccc(OC)c2c1CN([C@@H]1CCOC1)C[C@H]2O. The first-order valence-corrected chi connectivity index (χ1v) is 6.98. The molecule has 1 aromatic rings. The summed E-state index contributed by atoms with van der Waals surface area (Å²) in [6.45, 7) is 2.93. The first-order valence-electron chi connectivity index (χ1n) is 6.98. The quantitative estimate of drug-likeness (QED) is 0.905. The molecule has 0 unspecified atom stereocenters. The van der Waals surface area contributed by atoms with E-state index >= 15 is 0 Å². The average Bonchev–Trinajstić information content (AvgIpc) is 3.00. The lowest BCUT2D eigenvalue weighted by Gasteiger charge is -2.36. The molecule has 1 aromatic carbocycles. The van der Waals surface area contributed by atoms with Crippen molar-refractivity contribution in [1.82, 2.24) is 4.90 Å². The summed E-state index contributed by atoms with van der Waals surface area (Å²) < 4.78 is 16.3. The first-order chi connectivity index (χ1) is 9.74. The second kappa shape index (κ2) is 5.60. The topological polar surface area (TPSA) is 51.2 Å². The van der Waals surface area contributed by atoms with Gasteiger partial charge in [-0.25, -0.2) is 0 Å². The van der Waals surface area contributed by atoms with Crippen LogP contribution in [0.15, 0.2) is 12.1 Å². The highest BCUT2D eigenvalue weighted by molar-refractivity contribution is 5.51. The summed E-state index contributed by atoms with van der Waals surface area (Å²) >= 11 is 0. The fourth-order valence-corrected chi connectivity index (χ4v) is 3.19. The molecule has 0 radical (unpaired) electrons. The summed E-state index contributed by atoms with van der Waals surface area (Å²) in [6.07, 6.45) is 0.471. The first kappa shape index (κ1) is 13.7. The molecule has 0 saturated carbocycles. The van der Waals surface area contributed by atoms with Gasteiger partial charge in [0.05, 0.1) is 26.9 Å². The standard InChI is InChI=1S/C15H21NO4/c1-18-13-3-4-14(19-2)15-11(13)7-16(8-12(15)17)10-5-6-20-9-10/h3-4,10,12,17H,5-9H2,1-2H3/t10-,12-/m1/s1. The van der Waals surface area contributed by atoms with Crippen molar-refractivity contribution in [2.75, 3.05) is 34.0 Å². The van der Waals surface area contributed by atoms with Gasteiger partial charge in [0.1, 0.15) is 11.5 Å². The van der Waals surface area contributed by atoms with E-state index in [1.54, 1.807) is 14.2 Å². The van der Waals surface area contributed by atoms with Crippen molar-refractivity contribution in [2.45, 2.75) is 25.1 Å². The molecule has 2 atom stereocenters. The van der Waals surface area contributed by atoms with E-state index in [1.807, 2.05) is 12.1 Å². The molecule has 0 aromatic heterocycles. The van der Waals surface area contributed by atoms with E-state index in [0.29, 0.717) is 12.6 Å². The third kappa shape index (κ3) is 2.26. The van der Waals surface area contributed by atoms with Gasteiger partial charge in [0.2, 0.25) is 0 Å². The van der Waals surface area contributed by atoms with E-state index in [9.17, 15) is 5.11 Å². The third-order valence-electron chi connectivity index (χ3n) is 4.24. The predicted molar refractivity (Wildman–Crippen MR) is 74.1 cm³/mol. The second-order valence-electron chi connectivity index (χ2n) is 5.32. The van der Waals surface area contributed by atoms with Crippen LogP contribution >= 0.6 is 0 Å². The van der Waals surface area contributed by atoms with Gasteiger partial charge in [0, 0.05) is 36.9 Å². The van der Waals surface area contributed by atoms with Crippen LogP contribution in [-0.2, 0) is 11.3 Å². The minimum Gasteiger partial charge on any atom is -0.496 e. The lowest BCUT2D eigenvalue weighted by atomic mass is 9.94. The Bertz CT molecular complexity index is 485. The van der Waals surface area contributed by atoms with E-state index in [-0.39, 0.29) is 0 Å². The maximum absolute atomic E-state index is 10.5. The summed E-state index contributed by atoms with van der Waals surface area (Å²) in [4.78, 5) is 2.28. The number of fused-ring (bicyclic) bond motifs is 1. The fraction of sp³-hybridized carbons (Fsp3) is 0.600. The Hall–Kier alpha value is -1.30. The maximum atomic E-state index is 10.5. The van der Waals surface area contributed by atoms with Crippen molar-refractivity contribution in [3.63, 3.8) is 0 Å². The van der Waals surface area contributed by atoms with Crippen molar-refractivity contribution >= 4 is 0 Å². The molecule has 0 amide bonds. The van der Waals surface area contributed by atoms with Crippen LogP contribution in [-0.4, -0.2) is 50.0 Å². The van der Waals surface area contributed by atoms with Crippen molar-refractivity contribution in [2.24, 2.45) is 0 Å². The lowest BCUT2D eigenvalue weighted by Crippen LogP contribution is -2.41. The zero-order valence-corrected chi connectivity index (χ0v) is 12.0. The highest BCUT2D eigenvalue weighted by Crippen LogP contribution is 2.40. The zero-order chi connectivity index (χ0) is 14.1. The number of aliphatic hydroxyl groups is 1. The van der Waals surface area contributed by atoms with Gasteiger partial charge in [-0.2, -0.15) is 0 Å². The Balaban J connectivity index is 1.96. The molecule has 5 nitrogen and oxygen atoms in total. The monoisotopic (exact) mass is 279 g/mol. The summed E-state index contributed by atoms with van der Waals surface area (Å²) in [5, 5.41) is 10.5. The highest BCUT2D eigenvalue weighted by Gasteiger charge is 2.34. The molecular formula is C15H21NO4. The molecule has 0 spiro atoms. The molecule has 2 heterocycles. The van der Waals surface area contributed by atoms with Crippen LogP contribution in [0.2, 0.25) is 0 Å². The Morgan fingerprint density at radius 1 is 1.25 bits per heavy atom. The molecule has 3 rings (SSSR count). The van der Waals surface area contributed by atoms with E-state index in [1.165, 1.54) is 0 Å². The van der Waals surface area contributed by atoms with Crippen LogP contribution in [0.4, 0.5) is 0 Å². The maximum Gasteiger partial charge on any atom is 0.125 e. The average molecular weight is 279 g/mol.